The Morgan fingerprint density at radius 3 is 2.21 bits per heavy atom. The molecule has 1 aliphatic rings. The highest BCUT2D eigenvalue weighted by Gasteiger charge is 2.62. The maximum Gasteiger partial charge on any atom is 0.417 e. The number of carbonyl (C=O) groups excluding carboxylic acids is 1. The van der Waals surface area contributed by atoms with Gasteiger partial charge in [-0.05, 0) is 55.5 Å². The van der Waals surface area contributed by atoms with E-state index in [2.05, 4.69) is 5.32 Å². The van der Waals surface area contributed by atoms with E-state index in [0.717, 1.165) is 16.7 Å². The predicted octanol–water partition coefficient (Wildman–Crippen LogP) is 4.22. The zero-order chi connectivity index (χ0) is 20.7. The first-order valence-corrected chi connectivity index (χ1v) is 8.92. The second kappa shape index (κ2) is 6.90. The zero-order valence-corrected chi connectivity index (χ0v) is 15.5. The van der Waals surface area contributed by atoms with Crippen molar-refractivity contribution < 1.29 is 28.2 Å². The molecule has 1 amide bonds. The minimum absolute atomic E-state index is 0.469. The smallest absolute Gasteiger partial charge is 0.386 e. The number of nitrogens with one attached hydrogen (secondary N) is 1. The van der Waals surface area contributed by atoms with Crippen LogP contribution in [0, 0.1) is 5.92 Å². The number of amides is 1. The molecule has 0 spiro atoms. The Morgan fingerprint density at radius 1 is 1.07 bits per heavy atom. The summed E-state index contributed by atoms with van der Waals surface area (Å²) in [5, 5.41) is 22.1. The van der Waals surface area contributed by atoms with Crippen LogP contribution in [-0.2, 0) is 10.4 Å². The van der Waals surface area contributed by atoms with Crippen LogP contribution < -0.4 is 5.32 Å². The standard InChI is InChI=1S/C21H22F3NO3/c1-19(2,27)16-8-6-13(7-9-16)14-4-3-5-17(10-14)25-18(26)15-11-20(28,12-15)21(22,23)24/h3-10,15,27-28H,11-12H2,1-2H3,(H,25,26). The summed E-state index contributed by atoms with van der Waals surface area (Å²) in [4.78, 5) is 12.2. The maximum atomic E-state index is 12.7. The van der Waals surface area contributed by atoms with Crippen LogP contribution in [0.15, 0.2) is 48.5 Å². The van der Waals surface area contributed by atoms with E-state index in [-0.39, 0.29) is 0 Å². The fraction of sp³-hybridized carbons (Fsp3) is 0.381. The van der Waals surface area contributed by atoms with E-state index in [0.29, 0.717) is 5.69 Å². The van der Waals surface area contributed by atoms with E-state index in [4.69, 9.17) is 0 Å². The van der Waals surface area contributed by atoms with Crippen LogP contribution >= 0.6 is 0 Å². The first kappa shape index (κ1) is 20.4. The van der Waals surface area contributed by atoms with Gasteiger partial charge in [-0.3, -0.25) is 4.79 Å². The van der Waals surface area contributed by atoms with Crippen LogP contribution in [0.3, 0.4) is 0 Å². The summed E-state index contributed by atoms with van der Waals surface area (Å²) in [6.07, 6.45) is -5.97. The average molecular weight is 393 g/mol. The minimum atomic E-state index is -4.72. The Labute approximate surface area is 161 Å². The second-order valence-corrected chi connectivity index (χ2v) is 7.84. The molecule has 7 heteroatoms. The molecule has 1 fully saturated rings. The van der Waals surface area contributed by atoms with E-state index in [1.165, 1.54) is 0 Å². The average Bonchev–Trinajstić information content (AvgIpc) is 2.57. The van der Waals surface area contributed by atoms with Gasteiger partial charge in [0.1, 0.15) is 0 Å². The van der Waals surface area contributed by atoms with Gasteiger partial charge in [0.25, 0.3) is 0 Å². The van der Waals surface area contributed by atoms with Crippen molar-refractivity contribution in [2.45, 2.75) is 44.1 Å². The fourth-order valence-electron chi connectivity index (χ4n) is 3.26. The Balaban J connectivity index is 1.68. The molecule has 0 bridgehead atoms. The van der Waals surface area contributed by atoms with Crippen molar-refractivity contribution >= 4 is 11.6 Å². The van der Waals surface area contributed by atoms with Crippen molar-refractivity contribution in [3.63, 3.8) is 0 Å². The van der Waals surface area contributed by atoms with Gasteiger partial charge in [0, 0.05) is 11.6 Å². The van der Waals surface area contributed by atoms with Crippen LogP contribution in [0.25, 0.3) is 11.1 Å². The highest BCUT2D eigenvalue weighted by molar-refractivity contribution is 5.94. The molecule has 3 N–H and O–H groups in total. The number of aliphatic hydroxyl groups is 2. The SMILES string of the molecule is CC(C)(O)c1ccc(-c2cccc(NC(=O)C3CC(O)(C(F)(F)F)C3)c2)cc1. The van der Waals surface area contributed by atoms with Gasteiger partial charge >= 0.3 is 6.18 Å². The Bertz CT molecular complexity index is 864. The molecule has 0 radical (unpaired) electrons. The molecule has 0 heterocycles. The number of alkyl halides is 3. The van der Waals surface area contributed by atoms with Crippen molar-refractivity contribution in [2.24, 2.45) is 5.92 Å². The van der Waals surface area contributed by atoms with Crippen molar-refractivity contribution in [3.8, 4) is 11.1 Å². The molecular weight excluding hydrogens is 371 g/mol. The zero-order valence-electron chi connectivity index (χ0n) is 15.5. The highest BCUT2D eigenvalue weighted by atomic mass is 19.4. The molecule has 0 atom stereocenters. The first-order valence-electron chi connectivity index (χ1n) is 8.92. The summed E-state index contributed by atoms with van der Waals surface area (Å²) in [7, 11) is 0. The molecule has 1 saturated carbocycles. The van der Waals surface area contributed by atoms with Gasteiger partial charge in [-0.1, -0.05) is 36.4 Å². The Hall–Kier alpha value is -2.38. The normalized spacial score (nSPS) is 22.5. The topological polar surface area (TPSA) is 69.6 Å². The highest BCUT2D eigenvalue weighted by Crippen LogP contribution is 2.48. The first-order chi connectivity index (χ1) is 12.9. The van der Waals surface area contributed by atoms with E-state index in [1.54, 1.807) is 32.0 Å². The molecule has 0 unspecified atom stereocenters. The quantitative estimate of drug-likeness (QED) is 0.728. The molecule has 2 aromatic rings. The van der Waals surface area contributed by atoms with Crippen LogP contribution in [0.4, 0.5) is 18.9 Å². The van der Waals surface area contributed by atoms with Crippen molar-refractivity contribution in [3.05, 3.63) is 54.1 Å². The molecule has 150 valence electrons. The third-order valence-electron chi connectivity index (χ3n) is 5.12. The van der Waals surface area contributed by atoms with Gasteiger partial charge in [-0.15, -0.1) is 0 Å². The third-order valence-corrected chi connectivity index (χ3v) is 5.12. The van der Waals surface area contributed by atoms with E-state index in [1.807, 2.05) is 30.3 Å². The number of rotatable bonds is 4. The molecule has 28 heavy (non-hydrogen) atoms. The molecule has 0 aromatic heterocycles. The van der Waals surface area contributed by atoms with E-state index < -0.39 is 42.0 Å². The van der Waals surface area contributed by atoms with Gasteiger partial charge in [0.15, 0.2) is 5.60 Å². The fourth-order valence-corrected chi connectivity index (χ4v) is 3.26. The summed E-state index contributed by atoms with van der Waals surface area (Å²) < 4.78 is 38.1. The summed E-state index contributed by atoms with van der Waals surface area (Å²) in [6.45, 7) is 3.39. The van der Waals surface area contributed by atoms with Gasteiger partial charge in [0.2, 0.25) is 5.91 Å². The second-order valence-electron chi connectivity index (χ2n) is 7.84. The summed E-state index contributed by atoms with van der Waals surface area (Å²) in [6, 6.07) is 14.3. The number of carbonyl (C=O) groups is 1. The summed E-state index contributed by atoms with van der Waals surface area (Å²) in [5.41, 5.74) is -0.784. The van der Waals surface area contributed by atoms with Crippen molar-refractivity contribution in [2.75, 3.05) is 5.32 Å². The molecular formula is C21H22F3NO3. The minimum Gasteiger partial charge on any atom is -0.386 e. The molecule has 2 aromatic carbocycles. The Morgan fingerprint density at radius 2 is 1.68 bits per heavy atom. The van der Waals surface area contributed by atoms with Crippen LogP contribution in [0.2, 0.25) is 0 Å². The van der Waals surface area contributed by atoms with E-state index in [9.17, 15) is 28.2 Å². The molecule has 3 rings (SSSR count). The lowest BCUT2D eigenvalue weighted by Crippen LogP contribution is -2.57. The van der Waals surface area contributed by atoms with Gasteiger partial charge in [0.05, 0.1) is 5.60 Å². The molecule has 0 saturated heterocycles. The third kappa shape index (κ3) is 4.05. The summed E-state index contributed by atoms with van der Waals surface area (Å²) in [5.74, 6) is -1.41. The number of anilines is 1. The van der Waals surface area contributed by atoms with Crippen molar-refractivity contribution in [1.29, 1.82) is 0 Å². The monoisotopic (exact) mass is 393 g/mol. The summed E-state index contributed by atoms with van der Waals surface area (Å²) >= 11 is 0. The number of hydrogen-bond donors (Lipinski definition) is 3. The lowest BCUT2D eigenvalue weighted by Gasteiger charge is -2.43. The van der Waals surface area contributed by atoms with Gasteiger partial charge in [-0.2, -0.15) is 13.2 Å². The lowest BCUT2D eigenvalue weighted by atomic mass is 9.70. The van der Waals surface area contributed by atoms with Crippen molar-refractivity contribution in [1.82, 2.24) is 0 Å². The number of halogens is 3. The largest absolute Gasteiger partial charge is 0.417 e. The molecule has 4 nitrogen and oxygen atoms in total. The van der Waals surface area contributed by atoms with Crippen LogP contribution in [0.1, 0.15) is 32.3 Å². The number of benzene rings is 2. The molecule has 1 aliphatic carbocycles. The van der Waals surface area contributed by atoms with Gasteiger partial charge < -0.3 is 15.5 Å². The van der Waals surface area contributed by atoms with Crippen LogP contribution in [0.5, 0.6) is 0 Å². The predicted molar refractivity (Wildman–Crippen MR) is 99.5 cm³/mol. The maximum absolute atomic E-state index is 12.7. The van der Waals surface area contributed by atoms with Gasteiger partial charge in [-0.25, -0.2) is 0 Å². The molecule has 0 aliphatic heterocycles. The van der Waals surface area contributed by atoms with E-state index >= 15 is 0 Å². The Kier molecular flexibility index (Phi) is 5.02. The lowest BCUT2D eigenvalue weighted by molar-refractivity contribution is -0.295. The van der Waals surface area contributed by atoms with Crippen LogP contribution in [-0.4, -0.2) is 27.9 Å². The number of hydrogen-bond acceptors (Lipinski definition) is 3.